The second-order valence-corrected chi connectivity index (χ2v) is 7.67. The molecule has 5 heteroatoms. The summed E-state index contributed by atoms with van der Waals surface area (Å²) in [5.74, 6) is -0.273. The largest absolute Gasteiger partial charge is 0.490 e. The number of carboxylic acid groups (broad SMARTS) is 1. The molecule has 0 unspecified atom stereocenters. The highest BCUT2D eigenvalue weighted by Crippen LogP contribution is 2.36. The van der Waals surface area contributed by atoms with Crippen molar-refractivity contribution >= 4 is 11.9 Å². The predicted octanol–water partition coefficient (Wildman–Crippen LogP) is 4.29. The Labute approximate surface area is 171 Å². The second kappa shape index (κ2) is 8.95. The number of allylic oxidation sites excluding steroid dienone is 1. The van der Waals surface area contributed by atoms with E-state index in [-0.39, 0.29) is 5.91 Å². The first-order valence-corrected chi connectivity index (χ1v) is 9.87. The fourth-order valence-corrected chi connectivity index (χ4v) is 3.68. The van der Waals surface area contributed by atoms with Crippen LogP contribution in [0.4, 0.5) is 0 Å². The Hall–Kier alpha value is -3.08. The van der Waals surface area contributed by atoms with Crippen LogP contribution in [0.3, 0.4) is 0 Å². The molecule has 1 heterocycles. The predicted molar refractivity (Wildman–Crippen MR) is 112 cm³/mol. The van der Waals surface area contributed by atoms with E-state index in [9.17, 15) is 14.7 Å². The molecule has 1 aliphatic heterocycles. The highest BCUT2D eigenvalue weighted by molar-refractivity contribution is 5.95. The zero-order valence-electron chi connectivity index (χ0n) is 16.9. The molecular formula is C24H27NO4. The summed E-state index contributed by atoms with van der Waals surface area (Å²) in [5, 5.41) is 9.92. The third kappa shape index (κ3) is 4.67. The van der Waals surface area contributed by atoms with Gasteiger partial charge in [0.2, 0.25) is 0 Å². The maximum absolute atomic E-state index is 13.0. The number of piperidine rings is 1. The first-order chi connectivity index (χ1) is 13.9. The quantitative estimate of drug-likeness (QED) is 0.744. The van der Waals surface area contributed by atoms with Gasteiger partial charge in [0.25, 0.3) is 5.91 Å². The Balaban J connectivity index is 1.70. The average Bonchev–Trinajstić information content (AvgIpc) is 2.74. The highest BCUT2D eigenvalue weighted by atomic mass is 16.5. The number of hydrogen-bond donors (Lipinski definition) is 1. The zero-order valence-corrected chi connectivity index (χ0v) is 16.9. The number of carbonyl (C=O) groups excluding carboxylic acids is 1. The maximum Gasteiger partial charge on any atom is 0.314 e. The molecule has 3 rings (SSSR count). The monoisotopic (exact) mass is 393 g/mol. The summed E-state index contributed by atoms with van der Waals surface area (Å²) in [7, 11) is 0. The number of hydrogen-bond acceptors (Lipinski definition) is 3. The van der Waals surface area contributed by atoms with Crippen LogP contribution in [0.25, 0.3) is 0 Å². The third-order valence-corrected chi connectivity index (χ3v) is 5.46. The first-order valence-electron chi connectivity index (χ1n) is 9.87. The number of amides is 1. The average molecular weight is 393 g/mol. The third-order valence-electron chi connectivity index (χ3n) is 5.46. The number of ether oxygens (including phenoxy) is 1. The van der Waals surface area contributed by atoms with Gasteiger partial charge in [0, 0.05) is 18.7 Å². The van der Waals surface area contributed by atoms with Gasteiger partial charge >= 0.3 is 5.97 Å². The van der Waals surface area contributed by atoms with E-state index in [1.54, 1.807) is 23.1 Å². The highest BCUT2D eigenvalue weighted by Gasteiger charge is 2.43. The Kier molecular flexibility index (Phi) is 6.37. The molecule has 0 aliphatic carbocycles. The zero-order chi connectivity index (χ0) is 20.9. The second-order valence-electron chi connectivity index (χ2n) is 7.67. The molecule has 0 bridgehead atoms. The lowest BCUT2D eigenvalue weighted by Crippen LogP contribution is -2.49. The number of likely N-dealkylation sites (tertiary alicyclic amines) is 1. The number of nitrogens with zero attached hydrogens (tertiary/aromatic N) is 1. The summed E-state index contributed by atoms with van der Waals surface area (Å²) in [6.45, 7) is 5.28. The van der Waals surface area contributed by atoms with Crippen LogP contribution in [0.1, 0.15) is 42.6 Å². The van der Waals surface area contributed by atoms with Gasteiger partial charge in [0.1, 0.15) is 12.4 Å². The van der Waals surface area contributed by atoms with Crippen LogP contribution in [0.2, 0.25) is 0 Å². The Morgan fingerprint density at radius 1 is 1.07 bits per heavy atom. The number of benzene rings is 2. The smallest absolute Gasteiger partial charge is 0.314 e. The topological polar surface area (TPSA) is 66.8 Å². The van der Waals surface area contributed by atoms with Gasteiger partial charge in [-0.1, -0.05) is 42.0 Å². The fourth-order valence-electron chi connectivity index (χ4n) is 3.68. The van der Waals surface area contributed by atoms with Crippen molar-refractivity contribution in [2.24, 2.45) is 0 Å². The molecule has 0 radical (unpaired) electrons. The summed E-state index contributed by atoms with van der Waals surface area (Å²) < 4.78 is 5.69. The van der Waals surface area contributed by atoms with Crippen molar-refractivity contribution in [3.05, 3.63) is 77.4 Å². The summed E-state index contributed by atoms with van der Waals surface area (Å²) in [6, 6.07) is 16.5. The normalized spacial score (nSPS) is 15.4. The van der Waals surface area contributed by atoms with E-state index >= 15 is 0 Å². The molecule has 0 atom stereocenters. The minimum absolute atomic E-state index is 0.0929. The summed E-state index contributed by atoms with van der Waals surface area (Å²) >= 11 is 0. The van der Waals surface area contributed by atoms with Gasteiger partial charge in [-0.3, -0.25) is 9.59 Å². The molecule has 1 N–H and O–H groups in total. The maximum atomic E-state index is 13.0. The van der Waals surface area contributed by atoms with Gasteiger partial charge in [-0.15, -0.1) is 0 Å². The Morgan fingerprint density at radius 3 is 2.38 bits per heavy atom. The van der Waals surface area contributed by atoms with Gasteiger partial charge in [-0.05, 0) is 56.5 Å². The Morgan fingerprint density at radius 2 is 1.76 bits per heavy atom. The van der Waals surface area contributed by atoms with E-state index in [1.165, 1.54) is 5.57 Å². The van der Waals surface area contributed by atoms with Crippen molar-refractivity contribution < 1.29 is 19.4 Å². The van der Waals surface area contributed by atoms with Crippen molar-refractivity contribution in [3.63, 3.8) is 0 Å². The van der Waals surface area contributed by atoms with Crippen molar-refractivity contribution in [2.45, 2.75) is 32.1 Å². The van der Waals surface area contributed by atoms with E-state index in [4.69, 9.17) is 4.74 Å². The molecule has 2 aromatic carbocycles. The van der Waals surface area contributed by atoms with Gasteiger partial charge in [0.05, 0.1) is 5.41 Å². The summed E-state index contributed by atoms with van der Waals surface area (Å²) in [4.78, 5) is 26.8. The van der Waals surface area contributed by atoms with Crippen molar-refractivity contribution in [2.75, 3.05) is 19.7 Å². The van der Waals surface area contributed by atoms with Gasteiger partial charge in [-0.2, -0.15) is 0 Å². The first kappa shape index (κ1) is 20.6. The molecule has 0 spiro atoms. The number of aliphatic carboxylic acids is 1. The molecule has 5 nitrogen and oxygen atoms in total. The van der Waals surface area contributed by atoms with E-state index in [2.05, 4.69) is 0 Å². The van der Waals surface area contributed by atoms with E-state index in [0.717, 1.165) is 5.56 Å². The van der Waals surface area contributed by atoms with Crippen molar-refractivity contribution in [3.8, 4) is 5.75 Å². The van der Waals surface area contributed by atoms with Crippen LogP contribution in [0.15, 0.2) is 66.2 Å². The van der Waals surface area contributed by atoms with Crippen molar-refractivity contribution in [1.82, 2.24) is 4.90 Å². The van der Waals surface area contributed by atoms with Crippen LogP contribution in [-0.4, -0.2) is 41.6 Å². The van der Waals surface area contributed by atoms with Crippen LogP contribution in [0.5, 0.6) is 5.75 Å². The van der Waals surface area contributed by atoms with Crippen LogP contribution in [0, 0.1) is 0 Å². The minimum Gasteiger partial charge on any atom is -0.490 e. The molecule has 29 heavy (non-hydrogen) atoms. The minimum atomic E-state index is -0.937. The molecule has 0 aromatic heterocycles. The van der Waals surface area contributed by atoms with Crippen molar-refractivity contribution in [1.29, 1.82) is 0 Å². The molecule has 2 aromatic rings. The lowest BCUT2D eigenvalue weighted by Gasteiger charge is -2.39. The molecule has 1 fully saturated rings. The number of carbonyl (C=O) groups is 2. The standard InChI is InChI=1S/C24H27NO4/c1-18(2)11-16-29-21-10-6-7-19(17-21)22(26)25-14-12-24(13-15-25,23(27)28)20-8-4-3-5-9-20/h3-11,17H,12-16H2,1-2H3,(H,27,28). The summed E-state index contributed by atoms with van der Waals surface area (Å²) in [5.41, 5.74) is 1.59. The molecular weight excluding hydrogens is 366 g/mol. The molecule has 1 aliphatic rings. The van der Waals surface area contributed by atoms with Crippen LogP contribution >= 0.6 is 0 Å². The SMILES string of the molecule is CC(C)=CCOc1cccc(C(=O)N2CCC(C(=O)O)(c3ccccc3)CC2)c1. The number of rotatable bonds is 6. The molecule has 1 amide bonds. The molecule has 0 saturated carbocycles. The summed E-state index contributed by atoms with van der Waals surface area (Å²) in [6.07, 6.45) is 2.78. The van der Waals surface area contributed by atoms with Gasteiger partial charge < -0.3 is 14.7 Å². The van der Waals surface area contributed by atoms with E-state index in [0.29, 0.717) is 43.9 Å². The lowest BCUT2D eigenvalue weighted by atomic mass is 9.73. The molecule has 1 saturated heterocycles. The van der Waals surface area contributed by atoms with E-state index < -0.39 is 11.4 Å². The van der Waals surface area contributed by atoms with E-state index in [1.807, 2.05) is 56.3 Å². The van der Waals surface area contributed by atoms with Crippen LogP contribution in [-0.2, 0) is 10.2 Å². The molecule has 152 valence electrons. The van der Waals surface area contributed by atoms with Gasteiger partial charge in [-0.25, -0.2) is 0 Å². The Bertz CT molecular complexity index is 892. The lowest BCUT2D eigenvalue weighted by molar-refractivity contribution is -0.145. The fraction of sp³-hybridized carbons (Fsp3) is 0.333. The van der Waals surface area contributed by atoms with Crippen LogP contribution < -0.4 is 4.74 Å². The number of carboxylic acids is 1. The van der Waals surface area contributed by atoms with Gasteiger partial charge in [0.15, 0.2) is 0 Å².